The second-order valence-electron chi connectivity index (χ2n) is 3.17. The van der Waals surface area contributed by atoms with Crippen LogP contribution in [-0.4, -0.2) is 27.1 Å². The first-order valence-corrected chi connectivity index (χ1v) is 7.43. The van der Waals surface area contributed by atoms with Crippen molar-refractivity contribution < 1.29 is 8.42 Å². The van der Waals surface area contributed by atoms with Crippen LogP contribution in [0.4, 0.5) is 5.69 Å². The van der Waals surface area contributed by atoms with Crippen molar-refractivity contribution in [2.24, 2.45) is 9.98 Å². The molecule has 0 aliphatic rings. The van der Waals surface area contributed by atoms with Crippen molar-refractivity contribution in [2.75, 3.05) is 11.7 Å². The minimum absolute atomic E-state index is 0.0234. The van der Waals surface area contributed by atoms with Gasteiger partial charge in [0.05, 0.1) is 20.6 Å². The van der Waals surface area contributed by atoms with Crippen molar-refractivity contribution in [3.05, 3.63) is 22.2 Å². The molecule has 0 saturated carbocycles. The number of guanidine groups is 1. The average Bonchev–Trinajstić information content (AvgIpc) is 2.34. The summed E-state index contributed by atoms with van der Waals surface area (Å²) in [5.41, 5.74) is 5.62. The van der Waals surface area contributed by atoms with Crippen molar-refractivity contribution >= 4 is 63.2 Å². The Bertz CT molecular complexity index is 607. The fourth-order valence-corrected chi connectivity index (χ4v) is 2.83. The standard InChI is InChI=1S/C9H9Cl3N4O2S/c1-14-9(15-4-10)16-19(17,18)5-2-6(11)8(13)7(12)3-5/h2-3H,1,4,13H2,(H,15,16). The van der Waals surface area contributed by atoms with Crippen LogP contribution in [0.1, 0.15) is 0 Å². The summed E-state index contributed by atoms with van der Waals surface area (Å²) >= 11 is 16.9. The molecule has 104 valence electrons. The van der Waals surface area contributed by atoms with Crippen LogP contribution in [0.5, 0.6) is 0 Å². The molecule has 10 heteroatoms. The Balaban J connectivity index is 3.21. The van der Waals surface area contributed by atoms with Gasteiger partial charge in [-0.15, -0.1) is 11.6 Å². The van der Waals surface area contributed by atoms with E-state index in [1.807, 2.05) is 0 Å². The molecule has 0 unspecified atom stereocenters. The Labute approximate surface area is 125 Å². The third-order valence-corrected chi connectivity index (χ3v) is 4.00. The number of alkyl halides is 1. The quantitative estimate of drug-likeness (QED) is 0.289. The number of nitrogen functional groups attached to an aromatic ring is 1. The fraction of sp³-hybridized carbons (Fsp3) is 0.111. The molecule has 3 N–H and O–H groups in total. The van der Waals surface area contributed by atoms with E-state index in [0.29, 0.717) is 0 Å². The Morgan fingerprint density at radius 3 is 2.32 bits per heavy atom. The lowest BCUT2D eigenvalue weighted by Crippen LogP contribution is -2.29. The van der Waals surface area contributed by atoms with E-state index in [1.165, 1.54) is 0 Å². The van der Waals surface area contributed by atoms with Crippen molar-refractivity contribution in [3.8, 4) is 0 Å². The van der Waals surface area contributed by atoms with Gasteiger partial charge in [-0.3, -0.25) is 0 Å². The summed E-state index contributed by atoms with van der Waals surface area (Å²) in [5, 5.41) is 0.0468. The summed E-state index contributed by atoms with van der Waals surface area (Å²) in [6.07, 6.45) is 0. The van der Waals surface area contributed by atoms with E-state index in [1.54, 1.807) is 0 Å². The van der Waals surface area contributed by atoms with Gasteiger partial charge in [0.1, 0.15) is 6.00 Å². The van der Waals surface area contributed by atoms with Crippen molar-refractivity contribution in [1.29, 1.82) is 0 Å². The fourth-order valence-electron chi connectivity index (χ4n) is 1.07. The Morgan fingerprint density at radius 2 is 1.89 bits per heavy atom. The second-order valence-corrected chi connectivity index (χ2v) is 5.90. The predicted octanol–water partition coefficient (Wildman–Crippen LogP) is 2.11. The highest BCUT2D eigenvalue weighted by molar-refractivity contribution is 7.90. The molecule has 0 spiro atoms. The molecule has 0 amide bonds. The lowest BCUT2D eigenvalue weighted by atomic mass is 10.3. The maximum absolute atomic E-state index is 12.0. The van der Waals surface area contributed by atoms with Gasteiger partial charge in [0.2, 0.25) is 5.96 Å². The monoisotopic (exact) mass is 342 g/mol. The third kappa shape index (κ3) is 3.97. The number of nitrogens with zero attached hydrogens (tertiary/aromatic N) is 2. The van der Waals surface area contributed by atoms with E-state index in [9.17, 15) is 8.42 Å². The second kappa shape index (κ2) is 6.42. The molecule has 0 atom stereocenters. The van der Waals surface area contributed by atoms with E-state index in [2.05, 4.69) is 21.4 Å². The first kappa shape index (κ1) is 16.0. The van der Waals surface area contributed by atoms with Crippen LogP contribution in [-0.2, 0) is 10.0 Å². The Kier molecular flexibility index (Phi) is 5.42. The highest BCUT2D eigenvalue weighted by Gasteiger charge is 2.18. The lowest BCUT2D eigenvalue weighted by molar-refractivity contribution is 0.592. The third-order valence-electron chi connectivity index (χ3n) is 1.95. The zero-order chi connectivity index (χ0) is 14.6. The molecule has 0 bridgehead atoms. The van der Waals surface area contributed by atoms with E-state index >= 15 is 0 Å². The molecule has 6 nitrogen and oxygen atoms in total. The molecule has 1 aromatic carbocycles. The molecular formula is C9H9Cl3N4O2S. The topological polar surface area (TPSA) is 96.9 Å². The summed E-state index contributed by atoms with van der Waals surface area (Å²) in [6, 6.07) is 2.15. The molecule has 0 aliphatic heterocycles. The summed E-state index contributed by atoms with van der Waals surface area (Å²) in [5.74, 6) is -0.237. The van der Waals surface area contributed by atoms with Gasteiger partial charge in [0, 0.05) is 0 Å². The molecule has 0 heterocycles. The minimum Gasteiger partial charge on any atom is -0.396 e. The van der Waals surface area contributed by atoms with Crippen LogP contribution in [0.25, 0.3) is 0 Å². The van der Waals surface area contributed by atoms with Gasteiger partial charge in [0.15, 0.2) is 0 Å². The van der Waals surface area contributed by atoms with Crippen LogP contribution in [0.15, 0.2) is 27.0 Å². The summed E-state index contributed by atoms with van der Waals surface area (Å²) in [7, 11) is -3.95. The zero-order valence-electron chi connectivity index (χ0n) is 9.40. The van der Waals surface area contributed by atoms with E-state index in [-0.39, 0.29) is 32.6 Å². The molecule has 0 aliphatic carbocycles. The van der Waals surface area contributed by atoms with Crippen LogP contribution in [0.3, 0.4) is 0 Å². The smallest absolute Gasteiger partial charge is 0.264 e. The number of hydrogen-bond donors (Lipinski definition) is 2. The molecular weight excluding hydrogens is 335 g/mol. The minimum atomic E-state index is -3.95. The van der Waals surface area contributed by atoms with Gasteiger partial charge in [-0.25, -0.2) is 23.1 Å². The van der Waals surface area contributed by atoms with Gasteiger partial charge in [-0.05, 0) is 18.9 Å². The van der Waals surface area contributed by atoms with Gasteiger partial charge in [-0.2, -0.15) is 0 Å². The number of nitrogens with one attached hydrogen (secondary N) is 1. The predicted molar refractivity (Wildman–Crippen MR) is 78.9 cm³/mol. The number of sulfonamides is 1. The van der Waals surface area contributed by atoms with Crippen molar-refractivity contribution in [3.63, 3.8) is 0 Å². The average molecular weight is 344 g/mol. The molecule has 0 radical (unpaired) electrons. The number of nitrogens with two attached hydrogens (primary N) is 1. The lowest BCUT2D eigenvalue weighted by Gasteiger charge is -2.09. The maximum atomic E-state index is 12.0. The number of rotatable bonds is 3. The molecule has 1 rings (SSSR count). The van der Waals surface area contributed by atoms with Gasteiger partial charge in [-0.1, -0.05) is 23.2 Å². The van der Waals surface area contributed by atoms with E-state index < -0.39 is 10.0 Å². The van der Waals surface area contributed by atoms with Crippen LogP contribution in [0, 0.1) is 0 Å². The van der Waals surface area contributed by atoms with E-state index in [4.69, 9.17) is 40.5 Å². The first-order chi connectivity index (χ1) is 8.81. The number of aliphatic imine (C=N–C) groups is 2. The highest BCUT2D eigenvalue weighted by Crippen LogP contribution is 2.30. The Morgan fingerprint density at radius 1 is 1.37 bits per heavy atom. The van der Waals surface area contributed by atoms with Crippen LogP contribution in [0.2, 0.25) is 10.0 Å². The normalized spacial score (nSPS) is 12.3. The van der Waals surface area contributed by atoms with Crippen molar-refractivity contribution in [1.82, 2.24) is 4.72 Å². The van der Waals surface area contributed by atoms with Crippen LogP contribution < -0.4 is 10.5 Å². The summed E-state index contributed by atoms with van der Waals surface area (Å²) < 4.78 is 26.1. The number of benzene rings is 1. The number of anilines is 1. The van der Waals surface area contributed by atoms with Crippen LogP contribution >= 0.6 is 34.8 Å². The van der Waals surface area contributed by atoms with E-state index in [0.717, 1.165) is 12.1 Å². The summed E-state index contributed by atoms with van der Waals surface area (Å²) in [4.78, 5) is 6.80. The van der Waals surface area contributed by atoms with Gasteiger partial charge < -0.3 is 5.73 Å². The molecule has 1 aromatic rings. The molecule has 0 aromatic heterocycles. The molecule has 19 heavy (non-hydrogen) atoms. The first-order valence-electron chi connectivity index (χ1n) is 4.66. The SMILES string of the molecule is C=NC(=NCCl)NS(=O)(=O)c1cc(Cl)c(N)c(Cl)c1. The zero-order valence-corrected chi connectivity index (χ0v) is 12.5. The largest absolute Gasteiger partial charge is 0.396 e. The Hall–Kier alpha value is -1.02. The van der Waals surface area contributed by atoms with Crippen molar-refractivity contribution in [2.45, 2.75) is 4.90 Å². The van der Waals surface area contributed by atoms with Gasteiger partial charge >= 0.3 is 0 Å². The number of hydrogen-bond acceptors (Lipinski definition) is 4. The summed E-state index contributed by atoms with van der Waals surface area (Å²) in [6.45, 7) is 3.17. The van der Waals surface area contributed by atoms with Gasteiger partial charge in [0.25, 0.3) is 10.0 Å². The molecule has 0 fully saturated rings. The maximum Gasteiger partial charge on any atom is 0.264 e. The number of halogens is 3. The highest BCUT2D eigenvalue weighted by atomic mass is 35.5. The molecule has 0 saturated heterocycles.